The molecule has 112 valence electrons. The summed E-state index contributed by atoms with van der Waals surface area (Å²) < 4.78 is 5.07. The first-order valence-electron chi connectivity index (χ1n) is 6.91. The highest BCUT2D eigenvalue weighted by Gasteiger charge is 2.07. The van der Waals surface area contributed by atoms with Crippen LogP contribution >= 0.6 is 0 Å². The molecule has 0 atom stereocenters. The zero-order valence-corrected chi connectivity index (χ0v) is 11.7. The number of nitrogens with one attached hydrogen (secondary N) is 1. The highest BCUT2D eigenvalue weighted by atomic mass is 16.5. The van der Waals surface area contributed by atoms with Gasteiger partial charge in [0.15, 0.2) is 5.82 Å². The van der Waals surface area contributed by atoms with Crippen LogP contribution in [0.3, 0.4) is 0 Å². The Morgan fingerprint density at radius 2 is 2.05 bits per heavy atom. The van der Waals surface area contributed by atoms with E-state index in [1.807, 2.05) is 6.92 Å². The quantitative estimate of drug-likeness (QED) is 0.627. The number of aliphatic carboxylic acids is 1. The Morgan fingerprint density at radius 3 is 2.75 bits per heavy atom. The summed E-state index contributed by atoms with van der Waals surface area (Å²) in [6.45, 7) is 2.44. The lowest BCUT2D eigenvalue weighted by molar-refractivity contribution is -0.137. The van der Waals surface area contributed by atoms with Gasteiger partial charge in [-0.05, 0) is 19.3 Å². The molecule has 1 aromatic rings. The van der Waals surface area contributed by atoms with Gasteiger partial charge in [0.2, 0.25) is 11.8 Å². The Hall–Kier alpha value is -1.92. The van der Waals surface area contributed by atoms with Gasteiger partial charge in [0.25, 0.3) is 0 Å². The van der Waals surface area contributed by atoms with E-state index in [2.05, 4.69) is 15.5 Å². The smallest absolute Gasteiger partial charge is 0.303 e. The highest BCUT2D eigenvalue weighted by molar-refractivity contribution is 5.75. The Labute approximate surface area is 117 Å². The Balaban J connectivity index is 2.10. The second-order valence-corrected chi connectivity index (χ2v) is 4.56. The summed E-state index contributed by atoms with van der Waals surface area (Å²) in [5.74, 6) is 0.343. The molecule has 0 spiro atoms. The Bertz CT molecular complexity index is 431. The monoisotopic (exact) mass is 283 g/mol. The molecular weight excluding hydrogens is 262 g/mol. The summed E-state index contributed by atoms with van der Waals surface area (Å²) in [5, 5.41) is 15.0. The van der Waals surface area contributed by atoms with E-state index >= 15 is 0 Å². The van der Waals surface area contributed by atoms with E-state index in [0.29, 0.717) is 43.9 Å². The fourth-order valence-electron chi connectivity index (χ4n) is 1.67. The van der Waals surface area contributed by atoms with Gasteiger partial charge >= 0.3 is 5.97 Å². The van der Waals surface area contributed by atoms with E-state index in [4.69, 9.17) is 9.63 Å². The maximum atomic E-state index is 11.5. The van der Waals surface area contributed by atoms with Crippen molar-refractivity contribution in [2.75, 3.05) is 6.54 Å². The molecule has 0 fully saturated rings. The summed E-state index contributed by atoms with van der Waals surface area (Å²) in [5.41, 5.74) is 0. The van der Waals surface area contributed by atoms with Crippen LogP contribution in [-0.2, 0) is 22.4 Å². The first-order valence-corrected chi connectivity index (χ1v) is 6.91. The molecule has 0 bridgehead atoms. The van der Waals surface area contributed by atoms with Crippen molar-refractivity contribution >= 4 is 11.9 Å². The third-order valence-corrected chi connectivity index (χ3v) is 2.67. The van der Waals surface area contributed by atoms with Crippen molar-refractivity contribution in [3.63, 3.8) is 0 Å². The minimum Gasteiger partial charge on any atom is -0.481 e. The standard InChI is InChI=1S/C13H21N3O4/c1-2-5-10-15-12(20-16-10)7-3-6-11(17)14-9-4-8-13(18)19/h2-9H2,1H3,(H,14,17)(H,18,19). The zero-order chi connectivity index (χ0) is 14.8. The van der Waals surface area contributed by atoms with Gasteiger partial charge < -0.3 is 14.9 Å². The number of carbonyl (C=O) groups is 2. The highest BCUT2D eigenvalue weighted by Crippen LogP contribution is 2.04. The third-order valence-electron chi connectivity index (χ3n) is 2.67. The van der Waals surface area contributed by atoms with Crippen LogP contribution in [0.2, 0.25) is 0 Å². The fraction of sp³-hybridized carbons (Fsp3) is 0.692. The van der Waals surface area contributed by atoms with Crippen LogP contribution < -0.4 is 5.32 Å². The van der Waals surface area contributed by atoms with Gasteiger partial charge in [0, 0.05) is 32.2 Å². The lowest BCUT2D eigenvalue weighted by Gasteiger charge is -2.02. The second kappa shape index (κ2) is 9.06. The molecule has 0 aliphatic carbocycles. The molecular formula is C13H21N3O4. The van der Waals surface area contributed by atoms with Gasteiger partial charge in [-0.3, -0.25) is 9.59 Å². The number of hydrogen-bond donors (Lipinski definition) is 2. The predicted octanol–water partition coefficient (Wildman–Crippen LogP) is 1.33. The van der Waals surface area contributed by atoms with E-state index in [1.54, 1.807) is 0 Å². The number of nitrogens with zero attached hydrogens (tertiary/aromatic N) is 2. The number of rotatable bonds is 10. The van der Waals surface area contributed by atoms with Crippen molar-refractivity contribution in [1.82, 2.24) is 15.5 Å². The molecule has 0 aliphatic heterocycles. The van der Waals surface area contributed by atoms with Crippen molar-refractivity contribution in [3.8, 4) is 0 Å². The SMILES string of the molecule is CCCc1noc(CCCC(=O)NCCCC(=O)O)n1. The lowest BCUT2D eigenvalue weighted by Crippen LogP contribution is -2.24. The molecule has 0 aliphatic rings. The van der Waals surface area contributed by atoms with Crippen LogP contribution in [0, 0.1) is 0 Å². The largest absolute Gasteiger partial charge is 0.481 e. The van der Waals surface area contributed by atoms with Crippen LogP contribution in [0.15, 0.2) is 4.52 Å². The number of aromatic nitrogens is 2. The van der Waals surface area contributed by atoms with Crippen molar-refractivity contribution < 1.29 is 19.2 Å². The van der Waals surface area contributed by atoms with Crippen LogP contribution in [0.1, 0.15) is 50.7 Å². The minimum absolute atomic E-state index is 0.0719. The Morgan fingerprint density at radius 1 is 1.25 bits per heavy atom. The van der Waals surface area contributed by atoms with E-state index in [0.717, 1.165) is 12.8 Å². The summed E-state index contributed by atoms with van der Waals surface area (Å²) in [4.78, 5) is 26.0. The van der Waals surface area contributed by atoms with Gasteiger partial charge in [0.05, 0.1) is 0 Å². The first-order chi connectivity index (χ1) is 9.61. The van der Waals surface area contributed by atoms with Gasteiger partial charge in [0.1, 0.15) is 0 Å². The number of carboxylic acids is 1. The first kappa shape index (κ1) is 16.1. The van der Waals surface area contributed by atoms with Crippen molar-refractivity contribution in [3.05, 3.63) is 11.7 Å². The van der Waals surface area contributed by atoms with Crippen molar-refractivity contribution in [1.29, 1.82) is 0 Å². The summed E-state index contributed by atoms with van der Waals surface area (Å²) in [6, 6.07) is 0. The van der Waals surface area contributed by atoms with Crippen molar-refractivity contribution in [2.45, 2.75) is 51.9 Å². The fourth-order valence-corrected chi connectivity index (χ4v) is 1.67. The normalized spacial score (nSPS) is 10.4. The van der Waals surface area contributed by atoms with Gasteiger partial charge in [-0.25, -0.2) is 0 Å². The maximum absolute atomic E-state index is 11.5. The predicted molar refractivity (Wildman–Crippen MR) is 71.1 cm³/mol. The Kier molecular flexibility index (Phi) is 7.31. The molecule has 20 heavy (non-hydrogen) atoms. The number of carbonyl (C=O) groups excluding carboxylic acids is 1. The van der Waals surface area contributed by atoms with Crippen LogP contribution in [0.25, 0.3) is 0 Å². The van der Waals surface area contributed by atoms with Crippen LogP contribution in [0.4, 0.5) is 0 Å². The molecule has 1 rings (SSSR count). The summed E-state index contributed by atoms with van der Waals surface area (Å²) >= 11 is 0. The van der Waals surface area contributed by atoms with Gasteiger partial charge in [-0.15, -0.1) is 0 Å². The molecule has 1 amide bonds. The molecule has 1 aromatic heterocycles. The number of hydrogen-bond acceptors (Lipinski definition) is 5. The molecule has 7 heteroatoms. The van der Waals surface area contributed by atoms with Crippen LogP contribution in [0.5, 0.6) is 0 Å². The van der Waals surface area contributed by atoms with E-state index in [9.17, 15) is 9.59 Å². The zero-order valence-electron chi connectivity index (χ0n) is 11.7. The van der Waals surface area contributed by atoms with E-state index in [-0.39, 0.29) is 12.3 Å². The van der Waals surface area contributed by atoms with Crippen molar-refractivity contribution in [2.24, 2.45) is 0 Å². The molecule has 7 nitrogen and oxygen atoms in total. The topological polar surface area (TPSA) is 105 Å². The molecule has 1 heterocycles. The molecule has 0 unspecified atom stereocenters. The molecule has 0 saturated carbocycles. The third kappa shape index (κ3) is 6.86. The van der Waals surface area contributed by atoms with Gasteiger partial charge in [-0.1, -0.05) is 12.1 Å². The molecule has 0 saturated heterocycles. The number of amides is 1. The summed E-state index contributed by atoms with van der Waals surface area (Å²) in [6.07, 6.45) is 3.88. The number of carboxylic acid groups (broad SMARTS) is 1. The van der Waals surface area contributed by atoms with E-state index < -0.39 is 5.97 Å². The van der Waals surface area contributed by atoms with Crippen LogP contribution in [-0.4, -0.2) is 33.7 Å². The molecule has 0 radical (unpaired) electrons. The van der Waals surface area contributed by atoms with Gasteiger partial charge in [-0.2, -0.15) is 4.98 Å². The van der Waals surface area contributed by atoms with E-state index in [1.165, 1.54) is 0 Å². The molecule has 2 N–H and O–H groups in total. The maximum Gasteiger partial charge on any atom is 0.303 e. The minimum atomic E-state index is -0.849. The average Bonchev–Trinajstić information content (AvgIpc) is 2.83. The molecule has 0 aromatic carbocycles. The lowest BCUT2D eigenvalue weighted by atomic mass is 10.2. The summed E-state index contributed by atoms with van der Waals surface area (Å²) in [7, 11) is 0. The number of aryl methyl sites for hydroxylation is 2. The average molecular weight is 283 g/mol. The second-order valence-electron chi connectivity index (χ2n) is 4.56.